The van der Waals surface area contributed by atoms with Crippen LogP contribution in [0.3, 0.4) is 0 Å². The third-order valence-corrected chi connectivity index (χ3v) is 3.51. The molecule has 1 aromatic carbocycles. The number of aromatic nitrogens is 2. The molecule has 0 bridgehead atoms. The molecule has 4 heteroatoms. The van der Waals surface area contributed by atoms with Gasteiger partial charge in [0.2, 0.25) is 0 Å². The SMILES string of the molecule is CCCn1cnc2ccc(Br)c(C)c2c1=O. The van der Waals surface area contributed by atoms with Crippen molar-refractivity contribution in [3.63, 3.8) is 0 Å². The maximum atomic E-state index is 12.2. The Hall–Kier alpha value is -1.16. The highest BCUT2D eigenvalue weighted by Crippen LogP contribution is 2.21. The monoisotopic (exact) mass is 280 g/mol. The highest BCUT2D eigenvalue weighted by molar-refractivity contribution is 9.10. The van der Waals surface area contributed by atoms with E-state index in [0.29, 0.717) is 11.9 Å². The predicted octanol–water partition coefficient (Wildman–Crippen LogP) is 2.88. The second kappa shape index (κ2) is 4.37. The highest BCUT2D eigenvalue weighted by Gasteiger charge is 2.08. The van der Waals surface area contributed by atoms with Crippen molar-refractivity contribution in [2.24, 2.45) is 0 Å². The first kappa shape index (κ1) is 11.3. The summed E-state index contributed by atoms with van der Waals surface area (Å²) >= 11 is 3.44. The van der Waals surface area contributed by atoms with E-state index in [1.807, 2.05) is 26.0 Å². The molecule has 0 unspecified atom stereocenters. The molecule has 0 N–H and O–H groups in total. The molecule has 0 fully saturated rings. The summed E-state index contributed by atoms with van der Waals surface area (Å²) in [6.45, 7) is 4.70. The van der Waals surface area contributed by atoms with Crippen LogP contribution in [0.25, 0.3) is 10.9 Å². The smallest absolute Gasteiger partial charge is 0.261 e. The first-order chi connectivity index (χ1) is 7.65. The Morgan fingerprint density at radius 3 is 2.88 bits per heavy atom. The number of halogens is 1. The molecule has 0 radical (unpaired) electrons. The van der Waals surface area contributed by atoms with E-state index in [0.717, 1.165) is 22.0 Å². The number of aryl methyl sites for hydroxylation is 2. The van der Waals surface area contributed by atoms with Crippen molar-refractivity contribution < 1.29 is 0 Å². The standard InChI is InChI=1S/C12H13BrN2O/c1-3-6-15-7-14-10-5-4-9(13)8(2)11(10)12(15)16/h4-5,7H,3,6H2,1-2H3. The molecule has 0 amide bonds. The molecule has 0 spiro atoms. The molecule has 1 aromatic heterocycles. The molecule has 0 aliphatic rings. The highest BCUT2D eigenvalue weighted by atomic mass is 79.9. The summed E-state index contributed by atoms with van der Waals surface area (Å²) in [4.78, 5) is 16.5. The Labute approximate surface area is 102 Å². The van der Waals surface area contributed by atoms with Gasteiger partial charge in [-0.05, 0) is 31.0 Å². The van der Waals surface area contributed by atoms with E-state index < -0.39 is 0 Å². The Morgan fingerprint density at radius 2 is 2.19 bits per heavy atom. The molecule has 1 heterocycles. The molecule has 0 saturated heterocycles. The van der Waals surface area contributed by atoms with Gasteiger partial charge >= 0.3 is 0 Å². The number of fused-ring (bicyclic) bond motifs is 1. The quantitative estimate of drug-likeness (QED) is 0.848. The average molecular weight is 281 g/mol. The van der Waals surface area contributed by atoms with Gasteiger partial charge in [-0.25, -0.2) is 4.98 Å². The summed E-state index contributed by atoms with van der Waals surface area (Å²) in [5.74, 6) is 0. The average Bonchev–Trinajstić information content (AvgIpc) is 2.27. The van der Waals surface area contributed by atoms with Crippen LogP contribution in [0.4, 0.5) is 0 Å². The summed E-state index contributed by atoms with van der Waals surface area (Å²) in [5.41, 5.74) is 1.77. The van der Waals surface area contributed by atoms with Gasteiger partial charge in [-0.3, -0.25) is 9.36 Å². The zero-order valence-corrected chi connectivity index (χ0v) is 10.9. The van der Waals surface area contributed by atoms with E-state index in [-0.39, 0.29) is 5.56 Å². The Morgan fingerprint density at radius 1 is 1.44 bits per heavy atom. The lowest BCUT2D eigenvalue weighted by Crippen LogP contribution is -2.21. The van der Waals surface area contributed by atoms with Gasteiger partial charge in [-0.15, -0.1) is 0 Å². The van der Waals surface area contributed by atoms with Crippen molar-refractivity contribution in [3.8, 4) is 0 Å². The second-order valence-corrected chi connectivity index (χ2v) is 4.66. The third-order valence-electron chi connectivity index (χ3n) is 2.65. The summed E-state index contributed by atoms with van der Waals surface area (Å²) in [6.07, 6.45) is 2.56. The minimum atomic E-state index is 0.0469. The van der Waals surface area contributed by atoms with E-state index in [2.05, 4.69) is 20.9 Å². The second-order valence-electron chi connectivity index (χ2n) is 3.81. The molecule has 0 aliphatic heterocycles. The fourth-order valence-electron chi connectivity index (χ4n) is 1.78. The predicted molar refractivity (Wildman–Crippen MR) is 68.7 cm³/mol. The van der Waals surface area contributed by atoms with Crippen molar-refractivity contribution in [1.82, 2.24) is 9.55 Å². The molecule has 2 aromatic rings. The zero-order valence-electron chi connectivity index (χ0n) is 9.33. The summed E-state index contributed by atoms with van der Waals surface area (Å²) < 4.78 is 2.62. The molecule has 0 atom stereocenters. The molecule has 0 aliphatic carbocycles. The largest absolute Gasteiger partial charge is 0.299 e. The van der Waals surface area contributed by atoms with Gasteiger partial charge in [0.05, 0.1) is 17.2 Å². The zero-order chi connectivity index (χ0) is 11.7. The Kier molecular flexibility index (Phi) is 3.10. The fraction of sp³-hybridized carbons (Fsp3) is 0.333. The lowest BCUT2D eigenvalue weighted by atomic mass is 10.1. The van der Waals surface area contributed by atoms with Gasteiger partial charge in [0.15, 0.2) is 0 Å². The van der Waals surface area contributed by atoms with E-state index in [1.54, 1.807) is 10.9 Å². The van der Waals surface area contributed by atoms with E-state index in [1.165, 1.54) is 0 Å². The Balaban J connectivity index is 2.81. The summed E-state index contributed by atoms with van der Waals surface area (Å²) in [6, 6.07) is 3.79. The van der Waals surface area contributed by atoms with Gasteiger partial charge < -0.3 is 0 Å². The van der Waals surface area contributed by atoms with Crippen LogP contribution in [0.15, 0.2) is 27.7 Å². The number of hydrogen-bond donors (Lipinski definition) is 0. The summed E-state index contributed by atoms with van der Waals surface area (Å²) in [5, 5.41) is 0.713. The van der Waals surface area contributed by atoms with E-state index in [9.17, 15) is 4.79 Å². The molecule has 3 nitrogen and oxygen atoms in total. The van der Waals surface area contributed by atoms with Gasteiger partial charge in [0.25, 0.3) is 5.56 Å². The topological polar surface area (TPSA) is 34.9 Å². The Bertz CT molecular complexity index is 589. The molecule has 0 saturated carbocycles. The van der Waals surface area contributed by atoms with Crippen LogP contribution in [0.1, 0.15) is 18.9 Å². The van der Waals surface area contributed by atoms with E-state index >= 15 is 0 Å². The van der Waals surface area contributed by atoms with Crippen molar-refractivity contribution in [2.75, 3.05) is 0 Å². The summed E-state index contributed by atoms with van der Waals surface area (Å²) in [7, 11) is 0. The maximum absolute atomic E-state index is 12.2. The van der Waals surface area contributed by atoms with Crippen LogP contribution < -0.4 is 5.56 Å². The normalized spacial score (nSPS) is 10.9. The van der Waals surface area contributed by atoms with Crippen molar-refractivity contribution in [3.05, 3.63) is 38.9 Å². The van der Waals surface area contributed by atoms with Crippen LogP contribution in [-0.2, 0) is 6.54 Å². The number of nitrogens with zero attached hydrogens (tertiary/aromatic N) is 2. The van der Waals surface area contributed by atoms with Crippen molar-refractivity contribution >= 4 is 26.8 Å². The number of benzene rings is 1. The van der Waals surface area contributed by atoms with Gasteiger partial charge in [-0.1, -0.05) is 22.9 Å². The minimum Gasteiger partial charge on any atom is -0.299 e. The third kappa shape index (κ3) is 1.78. The molecule has 2 rings (SSSR count). The van der Waals surface area contributed by atoms with Crippen molar-refractivity contribution in [2.45, 2.75) is 26.8 Å². The van der Waals surface area contributed by atoms with Crippen LogP contribution in [-0.4, -0.2) is 9.55 Å². The van der Waals surface area contributed by atoms with Gasteiger partial charge in [0.1, 0.15) is 0 Å². The number of rotatable bonds is 2. The van der Waals surface area contributed by atoms with Crippen LogP contribution in [0.5, 0.6) is 0 Å². The maximum Gasteiger partial charge on any atom is 0.261 e. The lowest BCUT2D eigenvalue weighted by Gasteiger charge is -2.07. The lowest BCUT2D eigenvalue weighted by molar-refractivity contribution is 0.647. The molecular formula is C12H13BrN2O. The van der Waals surface area contributed by atoms with Crippen LogP contribution in [0, 0.1) is 6.92 Å². The van der Waals surface area contributed by atoms with Crippen LogP contribution in [0.2, 0.25) is 0 Å². The first-order valence-corrected chi connectivity index (χ1v) is 6.08. The number of hydrogen-bond acceptors (Lipinski definition) is 2. The van der Waals surface area contributed by atoms with Crippen LogP contribution >= 0.6 is 15.9 Å². The van der Waals surface area contributed by atoms with Gasteiger partial charge in [-0.2, -0.15) is 0 Å². The molecular weight excluding hydrogens is 268 g/mol. The van der Waals surface area contributed by atoms with Gasteiger partial charge in [0, 0.05) is 11.0 Å². The fourth-order valence-corrected chi connectivity index (χ4v) is 2.11. The minimum absolute atomic E-state index is 0.0469. The van der Waals surface area contributed by atoms with Crippen molar-refractivity contribution in [1.29, 1.82) is 0 Å². The first-order valence-electron chi connectivity index (χ1n) is 5.29. The van der Waals surface area contributed by atoms with E-state index in [4.69, 9.17) is 0 Å². The molecule has 16 heavy (non-hydrogen) atoms. The molecule has 84 valence electrons.